The normalized spacial score (nSPS) is 12.5. The van der Waals surface area contributed by atoms with Crippen LogP contribution in [0, 0.1) is 0 Å². The van der Waals surface area contributed by atoms with E-state index in [-0.39, 0.29) is 11.9 Å². The summed E-state index contributed by atoms with van der Waals surface area (Å²) >= 11 is 7.43. The van der Waals surface area contributed by atoms with Crippen molar-refractivity contribution in [2.45, 2.75) is 13.0 Å². The number of nitrogens with one attached hydrogen (secondary N) is 1. The van der Waals surface area contributed by atoms with Gasteiger partial charge in [0, 0.05) is 16.0 Å². The Labute approximate surface area is 121 Å². The van der Waals surface area contributed by atoms with E-state index in [1.807, 2.05) is 36.6 Å². The van der Waals surface area contributed by atoms with E-state index in [4.69, 9.17) is 11.6 Å². The van der Waals surface area contributed by atoms with Crippen molar-refractivity contribution in [1.82, 2.24) is 5.32 Å². The molecule has 1 amide bonds. The van der Waals surface area contributed by atoms with Gasteiger partial charge >= 0.3 is 0 Å². The summed E-state index contributed by atoms with van der Waals surface area (Å²) in [6, 6.07) is 11.4. The minimum absolute atomic E-state index is 0.0300. The van der Waals surface area contributed by atoms with Crippen molar-refractivity contribution in [3.8, 4) is 0 Å². The lowest BCUT2D eigenvalue weighted by atomic mass is 10.2. The van der Waals surface area contributed by atoms with Gasteiger partial charge in [0.15, 0.2) is 0 Å². The Hall–Kier alpha value is -1.58. The van der Waals surface area contributed by atoms with Crippen molar-refractivity contribution in [1.29, 1.82) is 0 Å². The molecule has 0 aliphatic heterocycles. The molecule has 1 atom stereocenters. The molecule has 2 aromatic rings. The first-order chi connectivity index (χ1) is 9.15. The lowest BCUT2D eigenvalue weighted by Gasteiger charge is -2.09. The number of thiophene rings is 1. The van der Waals surface area contributed by atoms with Gasteiger partial charge in [-0.15, -0.1) is 11.3 Å². The Morgan fingerprint density at radius 2 is 2.05 bits per heavy atom. The van der Waals surface area contributed by atoms with E-state index in [9.17, 15) is 4.79 Å². The van der Waals surface area contributed by atoms with Gasteiger partial charge in [0.05, 0.1) is 6.04 Å². The van der Waals surface area contributed by atoms with Crippen LogP contribution in [0.1, 0.15) is 23.4 Å². The fraction of sp³-hybridized carbons (Fsp3) is 0.133. The second-order valence-corrected chi connectivity index (χ2v) is 5.55. The first kappa shape index (κ1) is 13.8. The summed E-state index contributed by atoms with van der Waals surface area (Å²) in [5.74, 6) is -0.101. The summed E-state index contributed by atoms with van der Waals surface area (Å²) in [5, 5.41) is 5.61. The summed E-state index contributed by atoms with van der Waals surface area (Å²) < 4.78 is 0. The molecule has 19 heavy (non-hydrogen) atoms. The van der Waals surface area contributed by atoms with Crippen molar-refractivity contribution in [2.75, 3.05) is 0 Å². The maximum atomic E-state index is 11.8. The van der Waals surface area contributed by atoms with Crippen LogP contribution in [0.25, 0.3) is 6.08 Å². The third kappa shape index (κ3) is 4.23. The summed E-state index contributed by atoms with van der Waals surface area (Å²) in [6.45, 7) is 1.97. The Kier molecular flexibility index (Phi) is 4.77. The standard InChI is InChI=1S/C15H14ClNOS/c1-11(14-3-2-10-19-14)17-15(18)9-6-12-4-7-13(16)8-5-12/h2-11H,1H3,(H,17,18). The topological polar surface area (TPSA) is 29.1 Å². The van der Waals surface area contributed by atoms with Gasteiger partial charge in [-0.3, -0.25) is 4.79 Å². The Morgan fingerprint density at radius 1 is 1.32 bits per heavy atom. The van der Waals surface area contributed by atoms with Crippen LogP contribution in [-0.2, 0) is 4.79 Å². The van der Waals surface area contributed by atoms with Gasteiger partial charge in [-0.05, 0) is 42.1 Å². The highest BCUT2D eigenvalue weighted by atomic mass is 35.5. The molecule has 0 saturated heterocycles. The molecule has 1 aromatic carbocycles. The highest BCUT2D eigenvalue weighted by Gasteiger charge is 2.07. The minimum atomic E-state index is -0.101. The van der Waals surface area contributed by atoms with Crippen molar-refractivity contribution < 1.29 is 4.79 Å². The van der Waals surface area contributed by atoms with Crippen LogP contribution in [0.4, 0.5) is 0 Å². The Morgan fingerprint density at radius 3 is 2.68 bits per heavy atom. The first-order valence-electron chi connectivity index (χ1n) is 5.93. The molecule has 2 rings (SSSR count). The molecule has 0 radical (unpaired) electrons. The zero-order chi connectivity index (χ0) is 13.7. The number of amides is 1. The molecule has 2 nitrogen and oxygen atoms in total. The van der Waals surface area contributed by atoms with Crippen LogP contribution >= 0.6 is 22.9 Å². The smallest absolute Gasteiger partial charge is 0.244 e. The lowest BCUT2D eigenvalue weighted by molar-refractivity contribution is -0.117. The van der Waals surface area contributed by atoms with Crippen LogP contribution in [0.5, 0.6) is 0 Å². The van der Waals surface area contributed by atoms with Crippen molar-refractivity contribution >= 4 is 34.9 Å². The van der Waals surface area contributed by atoms with E-state index in [1.165, 1.54) is 6.08 Å². The van der Waals surface area contributed by atoms with Gasteiger partial charge in [0.2, 0.25) is 5.91 Å². The molecule has 0 aliphatic carbocycles. The number of carbonyl (C=O) groups is 1. The third-order valence-corrected chi connectivity index (χ3v) is 3.93. The molecule has 1 unspecified atom stereocenters. The van der Waals surface area contributed by atoms with E-state index >= 15 is 0 Å². The number of hydrogen-bond acceptors (Lipinski definition) is 2. The predicted molar refractivity (Wildman–Crippen MR) is 81.4 cm³/mol. The van der Waals surface area contributed by atoms with E-state index in [1.54, 1.807) is 29.5 Å². The van der Waals surface area contributed by atoms with Gasteiger partial charge in [-0.2, -0.15) is 0 Å². The molecule has 4 heteroatoms. The number of hydrogen-bond donors (Lipinski definition) is 1. The Bertz CT molecular complexity index is 560. The number of halogens is 1. The van der Waals surface area contributed by atoms with Crippen molar-refractivity contribution in [3.05, 3.63) is 63.3 Å². The largest absolute Gasteiger partial charge is 0.345 e. The van der Waals surface area contributed by atoms with Crippen LogP contribution in [0.2, 0.25) is 5.02 Å². The zero-order valence-electron chi connectivity index (χ0n) is 10.5. The van der Waals surface area contributed by atoms with Gasteiger partial charge in [-0.25, -0.2) is 0 Å². The first-order valence-corrected chi connectivity index (χ1v) is 7.18. The summed E-state index contributed by atoms with van der Waals surface area (Å²) in [4.78, 5) is 12.9. The van der Waals surface area contributed by atoms with Crippen LogP contribution in [0.15, 0.2) is 47.9 Å². The highest BCUT2D eigenvalue weighted by molar-refractivity contribution is 7.10. The molecule has 98 valence electrons. The van der Waals surface area contributed by atoms with Crippen molar-refractivity contribution in [3.63, 3.8) is 0 Å². The van der Waals surface area contributed by atoms with Gasteiger partial charge in [0.25, 0.3) is 0 Å². The maximum Gasteiger partial charge on any atom is 0.244 e. The number of carbonyl (C=O) groups excluding carboxylic acids is 1. The summed E-state index contributed by atoms with van der Waals surface area (Å²) in [6.07, 6.45) is 3.31. The SMILES string of the molecule is CC(NC(=O)C=Cc1ccc(Cl)cc1)c1cccs1. The molecular formula is C15H14ClNOS. The maximum absolute atomic E-state index is 11.8. The zero-order valence-corrected chi connectivity index (χ0v) is 12.0. The number of rotatable bonds is 4. The fourth-order valence-electron chi connectivity index (χ4n) is 1.62. The molecule has 1 heterocycles. The number of benzene rings is 1. The second kappa shape index (κ2) is 6.55. The summed E-state index contributed by atoms with van der Waals surface area (Å²) in [7, 11) is 0. The molecule has 0 fully saturated rings. The second-order valence-electron chi connectivity index (χ2n) is 4.13. The fourth-order valence-corrected chi connectivity index (χ4v) is 2.48. The molecular weight excluding hydrogens is 278 g/mol. The van der Waals surface area contributed by atoms with E-state index in [0.717, 1.165) is 10.4 Å². The average molecular weight is 292 g/mol. The molecule has 0 aliphatic rings. The lowest BCUT2D eigenvalue weighted by Crippen LogP contribution is -2.23. The average Bonchev–Trinajstić information content (AvgIpc) is 2.92. The predicted octanol–water partition coefficient (Wildman–Crippen LogP) is 4.29. The monoisotopic (exact) mass is 291 g/mol. The van der Waals surface area contributed by atoms with Crippen molar-refractivity contribution in [2.24, 2.45) is 0 Å². The molecule has 0 saturated carbocycles. The molecule has 0 bridgehead atoms. The molecule has 1 aromatic heterocycles. The van der Waals surface area contributed by atoms with E-state index in [0.29, 0.717) is 5.02 Å². The quantitative estimate of drug-likeness (QED) is 0.837. The molecule has 1 N–H and O–H groups in total. The van der Waals surface area contributed by atoms with E-state index < -0.39 is 0 Å². The highest BCUT2D eigenvalue weighted by Crippen LogP contribution is 2.18. The van der Waals surface area contributed by atoms with Gasteiger partial charge in [0.1, 0.15) is 0 Å². The van der Waals surface area contributed by atoms with Crippen LogP contribution < -0.4 is 5.32 Å². The minimum Gasteiger partial charge on any atom is -0.345 e. The van der Waals surface area contributed by atoms with E-state index in [2.05, 4.69) is 5.32 Å². The molecule has 0 spiro atoms. The van der Waals surface area contributed by atoms with Crippen LogP contribution in [0.3, 0.4) is 0 Å². The van der Waals surface area contributed by atoms with Gasteiger partial charge in [-0.1, -0.05) is 29.8 Å². The summed E-state index contributed by atoms with van der Waals surface area (Å²) in [5.41, 5.74) is 0.948. The third-order valence-electron chi connectivity index (χ3n) is 2.63. The Balaban J connectivity index is 1.92. The van der Waals surface area contributed by atoms with Crippen LogP contribution in [-0.4, -0.2) is 5.91 Å². The van der Waals surface area contributed by atoms with Gasteiger partial charge < -0.3 is 5.32 Å².